The summed E-state index contributed by atoms with van der Waals surface area (Å²) in [5.41, 5.74) is 0. The highest BCUT2D eigenvalue weighted by molar-refractivity contribution is 5.81. The van der Waals surface area contributed by atoms with Gasteiger partial charge in [-0.05, 0) is 0 Å². The van der Waals surface area contributed by atoms with Crippen molar-refractivity contribution in [1.29, 1.82) is 0 Å². The lowest BCUT2D eigenvalue weighted by Gasteiger charge is -2.13. The molecule has 0 rings (SSSR count). The van der Waals surface area contributed by atoms with E-state index in [0.29, 0.717) is 12.5 Å². The number of aliphatic carboxylic acids is 1. The van der Waals surface area contributed by atoms with Gasteiger partial charge in [0.05, 0.1) is 13.0 Å². The van der Waals surface area contributed by atoms with Crippen LogP contribution in [0.3, 0.4) is 0 Å². The first-order valence-corrected chi connectivity index (χ1v) is 5.45. The molecule has 0 aromatic carbocycles. The number of carboxylic acids is 1. The Labute approximate surface area is 102 Å². The number of carboxylic acid groups (broad SMARTS) is 1. The minimum Gasteiger partial charge on any atom is -0.480 e. The third kappa shape index (κ3) is 9.39. The van der Waals surface area contributed by atoms with E-state index in [4.69, 9.17) is 9.84 Å². The number of amides is 1. The van der Waals surface area contributed by atoms with Crippen LogP contribution < -0.4 is 0 Å². The summed E-state index contributed by atoms with van der Waals surface area (Å²) in [6.45, 7) is 4.24. The Bertz CT molecular complexity index is 314. The Hall–Kier alpha value is -1.54. The third-order valence-corrected chi connectivity index (χ3v) is 1.82. The lowest BCUT2D eigenvalue weighted by molar-refractivity contribution is -0.143. The van der Waals surface area contributed by atoms with Crippen molar-refractivity contribution in [1.82, 2.24) is 4.90 Å². The van der Waals surface area contributed by atoms with E-state index in [-0.39, 0.29) is 25.5 Å². The standard InChI is InChI=1S/C12H19NO4/c1-10(2)5-4-7-17-8-6-11(14)13(3)9-12(15)16/h10H,6-9H2,1-3H3,(H,15,16). The molecule has 0 aromatic rings. The number of carbonyl (C=O) groups excluding carboxylic acids is 1. The molecule has 0 unspecified atom stereocenters. The zero-order valence-corrected chi connectivity index (χ0v) is 10.5. The summed E-state index contributed by atoms with van der Waals surface area (Å²) in [6.07, 6.45) is 0.174. The molecule has 0 atom stereocenters. The molecule has 0 aliphatic rings. The molecule has 0 spiro atoms. The summed E-state index contributed by atoms with van der Waals surface area (Å²) in [4.78, 5) is 22.9. The fraction of sp³-hybridized carbons (Fsp3) is 0.667. The summed E-state index contributed by atoms with van der Waals surface area (Å²) >= 11 is 0. The summed E-state index contributed by atoms with van der Waals surface area (Å²) in [7, 11) is 1.45. The maximum atomic E-state index is 11.4. The van der Waals surface area contributed by atoms with Crippen LogP contribution in [0.5, 0.6) is 0 Å². The van der Waals surface area contributed by atoms with Gasteiger partial charge >= 0.3 is 5.97 Å². The Balaban J connectivity index is 3.65. The summed E-state index contributed by atoms with van der Waals surface area (Å²) in [5, 5.41) is 8.48. The zero-order chi connectivity index (χ0) is 13.3. The van der Waals surface area contributed by atoms with Crippen molar-refractivity contribution in [2.45, 2.75) is 20.3 Å². The second-order valence-corrected chi connectivity index (χ2v) is 3.92. The van der Waals surface area contributed by atoms with Crippen LogP contribution in [0.2, 0.25) is 0 Å². The molecule has 5 nitrogen and oxygen atoms in total. The highest BCUT2D eigenvalue weighted by Gasteiger charge is 2.11. The SMILES string of the molecule is CC(C)C#CCOCCC(=O)N(C)CC(=O)O. The van der Waals surface area contributed by atoms with Gasteiger partial charge in [0.25, 0.3) is 0 Å². The van der Waals surface area contributed by atoms with Crippen LogP contribution in [0, 0.1) is 17.8 Å². The quantitative estimate of drug-likeness (QED) is 0.546. The minimum atomic E-state index is -1.02. The average molecular weight is 241 g/mol. The second-order valence-electron chi connectivity index (χ2n) is 3.92. The molecule has 0 fully saturated rings. The predicted molar refractivity (Wildman–Crippen MR) is 63.3 cm³/mol. The zero-order valence-electron chi connectivity index (χ0n) is 10.5. The first kappa shape index (κ1) is 15.5. The van der Waals surface area contributed by atoms with E-state index >= 15 is 0 Å². The number of hydrogen-bond acceptors (Lipinski definition) is 3. The van der Waals surface area contributed by atoms with Crippen LogP contribution in [0.4, 0.5) is 0 Å². The summed E-state index contributed by atoms with van der Waals surface area (Å²) < 4.78 is 5.14. The number of ether oxygens (including phenoxy) is 1. The maximum absolute atomic E-state index is 11.4. The molecular weight excluding hydrogens is 222 g/mol. The van der Waals surface area contributed by atoms with Crippen LogP contribution in [0.15, 0.2) is 0 Å². The Morgan fingerprint density at radius 1 is 1.41 bits per heavy atom. The molecule has 0 saturated carbocycles. The van der Waals surface area contributed by atoms with Gasteiger partial charge in [0.2, 0.25) is 5.91 Å². The number of carbonyl (C=O) groups is 2. The number of hydrogen-bond donors (Lipinski definition) is 1. The molecule has 17 heavy (non-hydrogen) atoms. The number of rotatable bonds is 6. The highest BCUT2D eigenvalue weighted by atomic mass is 16.5. The highest BCUT2D eigenvalue weighted by Crippen LogP contribution is 1.92. The molecular formula is C12H19NO4. The van der Waals surface area contributed by atoms with E-state index in [0.717, 1.165) is 4.90 Å². The van der Waals surface area contributed by atoms with Gasteiger partial charge in [-0.25, -0.2) is 0 Å². The lowest BCUT2D eigenvalue weighted by Crippen LogP contribution is -2.32. The van der Waals surface area contributed by atoms with E-state index in [9.17, 15) is 9.59 Å². The van der Waals surface area contributed by atoms with Crippen LogP contribution in [0.25, 0.3) is 0 Å². The van der Waals surface area contributed by atoms with E-state index < -0.39 is 5.97 Å². The van der Waals surface area contributed by atoms with Gasteiger partial charge in [-0.2, -0.15) is 0 Å². The normalized spacial score (nSPS) is 9.65. The molecule has 5 heteroatoms. The topological polar surface area (TPSA) is 66.8 Å². The molecule has 0 aliphatic carbocycles. The van der Waals surface area contributed by atoms with Crippen LogP contribution in [0.1, 0.15) is 20.3 Å². The average Bonchev–Trinajstić information content (AvgIpc) is 2.21. The van der Waals surface area contributed by atoms with Crippen molar-refractivity contribution < 1.29 is 19.4 Å². The van der Waals surface area contributed by atoms with Crippen LogP contribution in [-0.2, 0) is 14.3 Å². The molecule has 1 amide bonds. The summed E-state index contributed by atoms with van der Waals surface area (Å²) in [5.74, 6) is 4.80. The van der Waals surface area contributed by atoms with E-state index in [2.05, 4.69) is 11.8 Å². The fourth-order valence-corrected chi connectivity index (χ4v) is 1.01. The third-order valence-electron chi connectivity index (χ3n) is 1.82. The largest absolute Gasteiger partial charge is 0.480 e. The van der Waals surface area contributed by atoms with Crippen molar-refractivity contribution in [3.05, 3.63) is 0 Å². The Kier molecular flexibility index (Phi) is 7.82. The first-order valence-electron chi connectivity index (χ1n) is 5.45. The number of nitrogens with zero attached hydrogens (tertiary/aromatic N) is 1. The van der Waals surface area contributed by atoms with Crippen molar-refractivity contribution in [3.8, 4) is 11.8 Å². The van der Waals surface area contributed by atoms with Gasteiger partial charge in [0.1, 0.15) is 13.2 Å². The van der Waals surface area contributed by atoms with E-state index in [1.165, 1.54) is 7.05 Å². The minimum absolute atomic E-state index is 0.174. The van der Waals surface area contributed by atoms with Gasteiger partial charge in [0, 0.05) is 13.0 Å². The van der Waals surface area contributed by atoms with Crippen molar-refractivity contribution in [2.24, 2.45) is 5.92 Å². The van der Waals surface area contributed by atoms with E-state index in [1.807, 2.05) is 13.8 Å². The fourth-order valence-electron chi connectivity index (χ4n) is 1.01. The molecule has 1 N–H and O–H groups in total. The molecule has 96 valence electrons. The molecule has 0 aromatic heterocycles. The van der Waals surface area contributed by atoms with Gasteiger partial charge in [0.15, 0.2) is 0 Å². The molecule has 0 aliphatic heterocycles. The van der Waals surface area contributed by atoms with E-state index in [1.54, 1.807) is 0 Å². The smallest absolute Gasteiger partial charge is 0.323 e. The Morgan fingerprint density at radius 2 is 2.06 bits per heavy atom. The van der Waals surface area contributed by atoms with Crippen LogP contribution >= 0.6 is 0 Å². The maximum Gasteiger partial charge on any atom is 0.323 e. The lowest BCUT2D eigenvalue weighted by atomic mass is 10.2. The van der Waals surface area contributed by atoms with Crippen molar-refractivity contribution in [2.75, 3.05) is 26.8 Å². The molecule has 0 saturated heterocycles. The monoisotopic (exact) mass is 241 g/mol. The molecule has 0 heterocycles. The number of likely N-dealkylation sites (N-methyl/N-ethyl adjacent to an activating group) is 1. The van der Waals surface area contributed by atoms with Gasteiger partial charge in [-0.15, -0.1) is 0 Å². The van der Waals surface area contributed by atoms with Gasteiger partial charge < -0.3 is 14.7 Å². The first-order chi connectivity index (χ1) is 7.93. The van der Waals surface area contributed by atoms with Gasteiger partial charge in [-0.3, -0.25) is 9.59 Å². The second kappa shape index (κ2) is 8.59. The predicted octanol–water partition coefficient (Wildman–Crippen LogP) is 0.595. The van der Waals surface area contributed by atoms with Crippen molar-refractivity contribution in [3.63, 3.8) is 0 Å². The molecule has 0 radical (unpaired) electrons. The van der Waals surface area contributed by atoms with Gasteiger partial charge in [-0.1, -0.05) is 25.7 Å². The van der Waals surface area contributed by atoms with Crippen molar-refractivity contribution >= 4 is 11.9 Å². The Morgan fingerprint density at radius 3 is 2.59 bits per heavy atom. The van der Waals surface area contributed by atoms with Crippen LogP contribution in [-0.4, -0.2) is 48.7 Å². The molecule has 0 bridgehead atoms. The summed E-state index contributed by atoms with van der Waals surface area (Å²) in [6, 6.07) is 0.